The van der Waals surface area contributed by atoms with Crippen LogP contribution in [0.15, 0.2) is 109 Å². The van der Waals surface area contributed by atoms with Crippen LogP contribution in [0.2, 0.25) is 5.02 Å². The van der Waals surface area contributed by atoms with Crippen LogP contribution in [-0.4, -0.2) is 69.8 Å². The van der Waals surface area contributed by atoms with Gasteiger partial charge in [-0.3, -0.25) is 34.4 Å². The molecule has 5 aliphatic rings. The fraction of sp³-hybridized carbons (Fsp3) is 0.333. The molecule has 10 nitrogen and oxygen atoms in total. The summed E-state index contributed by atoms with van der Waals surface area (Å²) in [6.45, 7) is 2.28. The van der Waals surface area contributed by atoms with Crippen molar-refractivity contribution in [3.8, 4) is 11.5 Å². The van der Waals surface area contributed by atoms with E-state index in [1.807, 2.05) is 24.3 Å². The third-order valence-electron chi connectivity index (χ3n) is 13.0. The smallest absolute Gasteiger partial charge is 0.260 e. The number of hydrogen-bond donors (Lipinski definition) is 2. The van der Waals surface area contributed by atoms with E-state index in [4.69, 9.17) is 16.3 Å². The number of methoxy groups -OCH3 is 1. The van der Waals surface area contributed by atoms with Crippen LogP contribution in [0.4, 0.5) is 10.1 Å². The van der Waals surface area contributed by atoms with Gasteiger partial charge in [-0.05, 0) is 91.3 Å². The molecule has 57 heavy (non-hydrogen) atoms. The number of hydrogen-bond acceptors (Lipinski definition) is 8. The first-order valence-electron chi connectivity index (χ1n) is 19.5. The zero-order valence-corrected chi connectivity index (χ0v) is 32.1. The molecular formula is C45H42ClFN4O6. The van der Waals surface area contributed by atoms with Crippen LogP contribution in [0.3, 0.4) is 0 Å². The second-order valence-electron chi connectivity index (χ2n) is 15.8. The molecule has 2 aliphatic carbocycles. The van der Waals surface area contributed by atoms with Gasteiger partial charge in [0, 0.05) is 42.2 Å². The number of allylic oxidation sites excluding steroid dienone is 2. The van der Waals surface area contributed by atoms with E-state index in [-0.39, 0.29) is 36.4 Å². The quantitative estimate of drug-likeness (QED) is 0.147. The zero-order chi connectivity index (χ0) is 39.6. The average Bonchev–Trinajstić information content (AvgIpc) is 3.60. The molecule has 6 atom stereocenters. The minimum Gasteiger partial charge on any atom is -0.508 e. The van der Waals surface area contributed by atoms with Gasteiger partial charge in [0.1, 0.15) is 17.3 Å². The summed E-state index contributed by atoms with van der Waals surface area (Å²) >= 11 is 6.40. The number of imide groups is 2. The number of phenolic OH excluding ortho intramolecular Hbond substituents is 1. The van der Waals surface area contributed by atoms with Gasteiger partial charge in [0.15, 0.2) is 0 Å². The Hall–Kier alpha value is -5.52. The lowest BCUT2D eigenvalue weighted by molar-refractivity contribution is -0.144. The van der Waals surface area contributed by atoms with Crippen LogP contribution in [0, 0.1) is 29.5 Å². The van der Waals surface area contributed by atoms with E-state index in [1.54, 1.807) is 36.4 Å². The molecule has 1 saturated carbocycles. The summed E-state index contributed by atoms with van der Waals surface area (Å²) in [7, 11) is 1.47. The maximum atomic E-state index is 15.4. The Morgan fingerprint density at radius 2 is 1.58 bits per heavy atom. The number of rotatable bonds is 8. The Morgan fingerprint density at radius 1 is 0.860 bits per heavy atom. The normalized spacial score (nSPS) is 27.6. The molecule has 4 fully saturated rings. The second-order valence-corrected chi connectivity index (χ2v) is 16.2. The topological polar surface area (TPSA) is 119 Å². The molecule has 292 valence electrons. The summed E-state index contributed by atoms with van der Waals surface area (Å²) in [5, 5.41) is 13.2. The minimum atomic E-state index is -1.65. The van der Waals surface area contributed by atoms with Crippen LogP contribution >= 0.6 is 11.6 Å². The van der Waals surface area contributed by atoms with E-state index in [9.17, 15) is 23.9 Å². The van der Waals surface area contributed by atoms with Gasteiger partial charge in [0.2, 0.25) is 11.8 Å². The number of nitrogens with one attached hydrogen (secondary N) is 1. The predicted octanol–water partition coefficient (Wildman–Crippen LogP) is 6.84. The Morgan fingerprint density at radius 3 is 2.28 bits per heavy atom. The molecule has 3 heterocycles. The van der Waals surface area contributed by atoms with Gasteiger partial charge >= 0.3 is 0 Å². The van der Waals surface area contributed by atoms with Gasteiger partial charge in [-0.1, -0.05) is 71.8 Å². The fourth-order valence-corrected chi connectivity index (χ4v) is 10.7. The largest absolute Gasteiger partial charge is 0.508 e. The highest BCUT2D eigenvalue weighted by Crippen LogP contribution is 2.66. The molecule has 0 aromatic heterocycles. The monoisotopic (exact) mass is 788 g/mol. The highest BCUT2D eigenvalue weighted by atomic mass is 35.5. The van der Waals surface area contributed by atoms with Crippen LogP contribution < -0.4 is 10.2 Å². The number of amides is 4. The molecule has 2 N–H and O–H groups in total. The highest BCUT2D eigenvalue weighted by molar-refractivity contribution is 6.30. The Labute approximate surface area is 334 Å². The maximum Gasteiger partial charge on any atom is 0.260 e. The SMILES string of the molecule is COc1cccc(O)c1C1C2=CCC3C(=O)N(C4CCN(Cc5ccccc5)CC4)C(=O)C3C2CC2C(=O)N(Nc3ccc(F)cc3)C(=O)C21c1ccc(Cl)cc1. The number of ether oxygens (including phenoxy) is 1. The molecule has 12 heteroatoms. The first-order valence-corrected chi connectivity index (χ1v) is 19.8. The molecule has 3 aliphatic heterocycles. The number of carbonyl (C=O) groups is 4. The first-order chi connectivity index (χ1) is 27.6. The van der Waals surface area contributed by atoms with Crippen molar-refractivity contribution in [3.05, 3.63) is 136 Å². The molecule has 0 radical (unpaired) electrons. The minimum absolute atomic E-state index is 0.0938. The first kappa shape index (κ1) is 37.1. The van der Waals surface area contributed by atoms with Crippen molar-refractivity contribution in [3.63, 3.8) is 0 Å². The van der Waals surface area contributed by atoms with E-state index in [0.717, 1.165) is 24.6 Å². The van der Waals surface area contributed by atoms with Crippen LogP contribution in [0.5, 0.6) is 11.5 Å². The summed E-state index contributed by atoms with van der Waals surface area (Å²) in [5.74, 6) is -5.91. The van der Waals surface area contributed by atoms with Crippen molar-refractivity contribution in [2.45, 2.75) is 49.6 Å². The van der Waals surface area contributed by atoms with Gasteiger partial charge in [-0.25, -0.2) is 4.39 Å². The summed E-state index contributed by atoms with van der Waals surface area (Å²) in [6.07, 6.45) is 3.63. The van der Waals surface area contributed by atoms with Crippen molar-refractivity contribution in [1.82, 2.24) is 14.8 Å². The second kappa shape index (κ2) is 14.5. The van der Waals surface area contributed by atoms with Gasteiger partial charge in [0.25, 0.3) is 11.8 Å². The van der Waals surface area contributed by atoms with Crippen molar-refractivity contribution >= 4 is 40.9 Å². The van der Waals surface area contributed by atoms with E-state index in [1.165, 1.54) is 47.9 Å². The Bertz CT molecular complexity index is 2280. The number of piperidine rings is 1. The number of likely N-dealkylation sites (tertiary alicyclic amines) is 2. The molecule has 4 amide bonds. The highest BCUT2D eigenvalue weighted by Gasteiger charge is 2.71. The molecule has 0 spiro atoms. The number of phenols is 1. The number of fused-ring (bicyclic) bond motifs is 4. The Balaban J connectivity index is 1.13. The Kier molecular flexibility index (Phi) is 9.40. The third-order valence-corrected chi connectivity index (χ3v) is 13.3. The molecule has 9 rings (SSSR count). The van der Waals surface area contributed by atoms with Gasteiger partial charge in [-0.15, -0.1) is 0 Å². The van der Waals surface area contributed by atoms with Crippen LogP contribution in [-0.2, 0) is 31.1 Å². The van der Waals surface area contributed by atoms with E-state index in [0.29, 0.717) is 46.0 Å². The van der Waals surface area contributed by atoms with Gasteiger partial charge in [0.05, 0.1) is 36.0 Å². The van der Waals surface area contributed by atoms with E-state index < -0.39 is 52.6 Å². The van der Waals surface area contributed by atoms with Crippen LogP contribution in [0.1, 0.15) is 48.3 Å². The molecule has 3 saturated heterocycles. The standard InChI is InChI=1S/C45H42ClFN4O6/c1-57-37-9-5-8-36(52)39(37)40-32-18-19-33-38(43(55)50(41(33)53)31-20-22-49(23-21-31)25-26-6-3-2-4-7-26)34(32)24-35-42(54)51(48-30-16-14-29(47)15-17-30)44(56)45(35,40)27-10-12-28(46)13-11-27/h2-18,31,33-35,38,40,48,52H,19-25H2,1H3. The fourth-order valence-electron chi connectivity index (χ4n) is 10.5. The number of anilines is 1. The summed E-state index contributed by atoms with van der Waals surface area (Å²) in [4.78, 5) is 63.4. The molecule has 6 unspecified atom stereocenters. The summed E-state index contributed by atoms with van der Waals surface area (Å²) in [6, 6.07) is 26.9. The van der Waals surface area contributed by atoms with Crippen molar-refractivity contribution < 1.29 is 33.4 Å². The van der Waals surface area contributed by atoms with Gasteiger partial charge < -0.3 is 9.84 Å². The van der Waals surface area contributed by atoms with Crippen molar-refractivity contribution in [2.75, 3.05) is 25.6 Å². The average molecular weight is 789 g/mol. The molecule has 4 aromatic rings. The zero-order valence-electron chi connectivity index (χ0n) is 31.3. The van der Waals surface area contributed by atoms with E-state index >= 15 is 4.79 Å². The summed E-state index contributed by atoms with van der Waals surface area (Å²) in [5.41, 5.74) is 4.33. The number of nitrogens with zero attached hydrogens (tertiary/aromatic N) is 3. The summed E-state index contributed by atoms with van der Waals surface area (Å²) < 4.78 is 19.8. The lowest BCUT2D eigenvalue weighted by Crippen LogP contribution is -2.53. The molecule has 4 aromatic carbocycles. The molecule has 0 bridgehead atoms. The lowest BCUT2D eigenvalue weighted by atomic mass is 9.49. The van der Waals surface area contributed by atoms with Crippen molar-refractivity contribution in [2.24, 2.45) is 23.7 Å². The number of halogens is 2. The number of hydrazine groups is 1. The van der Waals surface area contributed by atoms with Crippen molar-refractivity contribution in [1.29, 1.82) is 0 Å². The van der Waals surface area contributed by atoms with Crippen LogP contribution in [0.25, 0.3) is 0 Å². The predicted molar refractivity (Wildman–Crippen MR) is 210 cm³/mol. The van der Waals surface area contributed by atoms with Gasteiger partial charge in [-0.2, -0.15) is 5.01 Å². The number of aromatic hydroxyl groups is 1. The molecular weight excluding hydrogens is 747 g/mol. The third kappa shape index (κ3) is 5.93. The lowest BCUT2D eigenvalue weighted by Gasteiger charge is -2.50. The van der Waals surface area contributed by atoms with E-state index in [2.05, 4.69) is 22.5 Å². The number of carbonyl (C=O) groups excluding carboxylic acids is 4. The maximum absolute atomic E-state index is 15.4. The number of benzene rings is 4.